The Balaban J connectivity index is 1.55. The first kappa shape index (κ1) is 22.4. The van der Waals surface area contributed by atoms with Gasteiger partial charge in [0.05, 0.1) is 12.3 Å². The number of hydrogen-bond acceptors (Lipinski definition) is 3. The van der Waals surface area contributed by atoms with Crippen molar-refractivity contribution in [3.63, 3.8) is 0 Å². The number of anilines is 1. The van der Waals surface area contributed by atoms with Gasteiger partial charge in [-0.3, -0.25) is 15.1 Å². The number of hydrogen-bond donors (Lipinski definition) is 3. The maximum Gasteiger partial charge on any atom is 0.258 e. The molecule has 4 rings (SSSR count). The van der Waals surface area contributed by atoms with Gasteiger partial charge in [-0.1, -0.05) is 48.0 Å². The highest BCUT2D eigenvalue weighted by Gasteiger charge is 2.12. The molecule has 3 aromatic carbocycles. The fraction of sp³-hybridized carbons (Fsp3) is 0.154. The lowest BCUT2D eigenvalue weighted by molar-refractivity contribution is 0.0977. The van der Waals surface area contributed by atoms with Crippen LogP contribution in [0.4, 0.5) is 5.69 Å². The largest absolute Gasteiger partial charge is 0.492 e. The number of aliphatic imine (C=N–C) groups is 1. The molecule has 0 fully saturated rings. The third-order valence-electron chi connectivity index (χ3n) is 5.08. The number of carbonyl (C=O) groups excluding carboxylic acids is 1. The standard InChI is InChI=1S/C26H25ClN4O2/c1-2-33-24-13-6-5-12-23(24)30-26(31-25(32)18-8-7-9-20(27)16-18)28-15-14-19-17-29-22-11-4-3-10-21(19)22/h3-13,16-17,29H,2,14-15H2,1H3,(H2,28,30,31,32). The lowest BCUT2D eigenvalue weighted by Gasteiger charge is -2.15. The first-order chi connectivity index (χ1) is 16.1. The summed E-state index contributed by atoms with van der Waals surface area (Å²) in [4.78, 5) is 20.8. The molecule has 0 aliphatic rings. The van der Waals surface area contributed by atoms with Gasteiger partial charge < -0.3 is 15.0 Å². The minimum Gasteiger partial charge on any atom is -0.492 e. The normalized spacial score (nSPS) is 11.4. The summed E-state index contributed by atoms with van der Waals surface area (Å²) in [5, 5.41) is 7.76. The summed E-state index contributed by atoms with van der Waals surface area (Å²) in [6.07, 6.45) is 2.72. The molecule has 1 heterocycles. The zero-order valence-electron chi connectivity index (χ0n) is 18.3. The number of para-hydroxylation sites is 3. The van der Waals surface area contributed by atoms with Crippen LogP contribution in [0, 0.1) is 0 Å². The second-order valence-corrected chi connectivity index (χ2v) is 7.79. The van der Waals surface area contributed by atoms with Crippen molar-refractivity contribution in [3.05, 3.63) is 95.1 Å². The van der Waals surface area contributed by atoms with Crippen LogP contribution in [0.15, 0.2) is 84.0 Å². The monoisotopic (exact) mass is 460 g/mol. The molecule has 0 atom stereocenters. The van der Waals surface area contributed by atoms with Gasteiger partial charge in [-0.05, 0) is 55.3 Å². The number of rotatable bonds is 7. The Kier molecular flexibility index (Phi) is 7.27. The number of nitrogens with zero attached hydrogens (tertiary/aromatic N) is 1. The molecule has 1 aromatic heterocycles. The molecule has 7 heteroatoms. The van der Waals surface area contributed by atoms with Crippen LogP contribution in [0.3, 0.4) is 0 Å². The van der Waals surface area contributed by atoms with Gasteiger partial charge in [0.1, 0.15) is 5.75 Å². The highest BCUT2D eigenvalue weighted by atomic mass is 35.5. The van der Waals surface area contributed by atoms with E-state index in [2.05, 4.69) is 26.7 Å². The van der Waals surface area contributed by atoms with Crippen molar-refractivity contribution in [2.75, 3.05) is 18.5 Å². The summed E-state index contributed by atoms with van der Waals surface area (Å²) in [5.74, 6) is 0.720. The van der Waals surface area contributed by atoms with Gasteiger partial charge in [0.15, 0.2) is 0 Å². The molecule has 0 aliphatic heterocycles. The number of amides is 1. The SMILES string of the molecule is CCOc1ccccc1NC(=NCCc1c[nH]c2ccccc12)NC(=O)c1cccc(Cl)c1. The Labute approximate surface area is 197 Å². The number of ether oxygens (including phenoxy) is 1. The van der Waals surface area contributed by atoms with Gasteiger partial charge in [-0.2, -0.15) is 0 Å². The number of carbonyl (C=O) groups is 1. The van der Waals surface area contributed by atoms with Crippen LogP contribution in [-0.4, -0.2) is 30.0 Å². The Bertz CT molecular complexity index is 1280. The minimum atomic E-state index is -0.301. The topological polar surface area (TPSA) is 78.5 Å². The van der Waals surface area contributed by atoms with Crippen LogP contribution in [0.1, 0.15) is 22.8 Å². The molecule has 0 saturated heterocycles. The molecule has 0 bridgehead atoms. The van der Waals surface area contributed by atoms with Crippen molar-refractivity contribution in [1.29, 1.82) is 0 Å². The van der Waals surface area contributed by atoms with Crippen LogP contribution < -0.4 is 15.4 Å². The van der Waals surface area contributed by atoms with Crippen molar-refractivity contribution in [1.82, 2.24) is 10.3 Å². The number of guanidine groups is 1. The maximum absolute atomic E-state index is 12.8. The number of fused-ring (bicyclic) bond motifs is 1. The van der Waals surface area contributed by atoms with E-state index in [1.165, 1.54) is 10.9 Å². The van der Waals surface area contributed by atoms with E-state index in [0.29, 0.717) is 35.4 Å². The van der Waals surface area contributed by atoms with E-state index < -0.39 is 0 Å². The average Bonchev–Trinajstić information content (AvgIpc) is 3.23. The number of benzene rings is 3. The summed E-state index contributed by atoms with van der Waals surface area (Å²) in [6, 6.07) is 22.5. The van der Waals surface area contributed by atoms with Gasteiger partial charge in [-0.25, -0.2) is 0 Å². The summed E-state index contributed by atoms with van der Waals surface area (Å²) in [6.45, 7) is 2.94. The van der Waals surface area contributed by atoms with Crippen LogP contribution in [0.2, 0.25) is 5.02 Å². The molecule has 3 N–H and O–H groups in total. The molecule has 4 aromatic rings. The predicted molar refractivity (Wildman–Crippen MR) is 134 cm³/mol. The minimum absolute atomic E-state index is 0.301. The molecule has 0 radical (unpaired) electrons. The summed E-state index contributed by atoms with van der Waals surface area (Å²) in [5.41, 5.74) is 3.43. The predicted octanol–water partition coefficient (Wildman–Crippen LogP) is 5.66. The third kappa shape index (κ3) is 5.73. The van der Waals surface area contributed by atoms with E-state index in [-0.39, 0.29) is 5.91 Å². The van der Waals surface area contributed by atoms with E-state index in [4.69, 9.17) is 16.3 Å². The van der Waals surface area contributed by atoms with Gasteiger partial charge in [0.2, 0.25) is 5.96 Å². The van der Waals surface area contributed by atoms with Gasteiger partial charge in [0.25, 0.3) is 5.91 Å². The Morgan fingerprint density at radius 3 is 2.73 bits per heavy atom. The van der Waals surface area contributed by atoms with Crippen LogP contribution in [-0.2, 0) is 6.42 Å². The number of aromatic amines is 1. The van der Waals surface area contributed by atoms with Crippen LogP contribution in [0.25, 0.3) is 10.9 Å². The van der Waals surface area contributed by atoms with Gasteiger partial charge in [-0.15, -0.1) is 0 Å². The molecule has 6 nitrogen and oxygen atoms in total. The molecule has 168 valence electrons. The smallest absolute Gasteiger partial charge is 0.258 e. The highest BCUT2D eigenvalue weighted by Crippen LogP contribution is 2.24. The molecular weight excluding hydrogens is 436 g/mol. The van der Waals surface area contributed by atoms with E-state index >= 15 is 0 Å². The molecular formula is C26H25ClN4O2. The average molecular weight is 461 g/mol. The van der Waals surface area contributed by atoms with Gasteiger partial charge >= 0.3 is 0 Å². The highest BCUT2D eigenvalue weighted by molar-refractivity contribution is 6.31. The lowest BCUT2D eigenvalue weighted by Crippen LogP contribution is -2.36. The molecule has 33 heavy (non-hydrogen) atoms. The first-order valence-corrected chi connectivity index (χ1v) is 11.2. The number of aromatic nitrogens is 1. The lowest BCUT2D eigenvalue weighted by atomic mass is 10.1. The fourth-order valence-corrected chi connectivity index (χ4v) is 3.72. The van der Waals surface area contributed by atoms with Crippen molar-refractivity contribution in [2.45, 2.75) is 13.3 Å². The molecule has 0 saturated carbocycles. The second-order valence-electron chi connectivity index (χ2n) is 7.36. The summed E-state index contributed by atoms with van der Waals surface area (Å²) in [7, 11) is 0. The number of halogens is 1. The zero-order valence-corrected chi connectivity index (χ0v) is 19.0. The van der Waals surface area contributed by atoms with Crippen molar-refractivity contribution < 1.29 is 9.53 Å². The number of H-pyrrole nitrogens is 1. The van der Waals surface area contributed by atoms with Crippen LogP contribution in [0.5, 0.6) is 5.75 Å². The Morgan fingerprint density at radius 1 is 1.06 bits per heavy atom. The van der Waals surface area contributed by atoms with E-state index in [0.717, 1.165) is 17.6 Å². The third-order valence-corrected chi connectivity index (χ3v) is 5.32. The summed E-state index contributed by atoms with van der Waals surface area (Å²) < 4.78 is 5.70. The van der Waals surface area contributed by atoms with E-state index in [1.54, 1.807) is 24.3 Å². The molecule has 0 aliphatic carbocycles. The number of nitrogens with one attached hydrogen (secondary N) is 3. The van der Waals surface area contributed by atoms with Crippen molar-refractivity contribution in [2.24, 2.45) is 4.99 Å². The maximum atomic E-state index is 12.8. The molecule has 0 spiro atoms. The van der Waals surface area contributed by atoms with E-state index in [9.17, 15) is 4.79 Å². The van der Waals surface area contributed by atoms with Crippen molar-refractivity contribution >= 4 is 40.1 Å². The van der Waals surface area contributed by atoms with Gasteiger partial charge in [0, 0.05) is 34.2 Å². The summed E-state index contributed by atoms with van der Waals surface area (Å²) >= 11 is 6.05. The van der Waals surface area contributed by atoms with Crippen molar-refractivity contribution in [3.8, 4) is 5.75 Å². The van der Waals surface area contributed by atoms with Crippen LogP contribution >= 0.6 is 11.6 Å². The first-order valence-electron chi connectivity index (χ1n) is 10.8. The zero-order chi connectivity index (χ0) is 23.0. The molecule has 0 unspecified atom stereocenters. The molecule has 1 amide bonds. The van der Waals surface area contributed by atoms with E-state index in [1.807, 2.05) is 55.6 Å². The Hall–Kier alpha value is -3.77. The quantitative estimate of drug-likeness (QED) is 0.246. The fourth-order valence-electron chi connectivity index (χ4n) is 3.53. The Morgan fingerprint density at radius 2 is 1.88 bits per heavy atom. The second kappa shape index (κ2) is 10.7.